The van der Waals surface area contributed by atoms with Crippen molar-refractivity contribution in [2.24, 2.45) is 0 Å². The standard InChI is InChI=1S/C19H20N4O/c1-13-11-22(12-15-9-16(24)6-8-23(13)15)18-5-4-14(10-20)19-17(18)3-2-7-21-19/h2-5,7,13,15H,6,8-9,11-12H2,1H3/t13-,15?/m1/s1/i7D. The van der Waals surface area contributed by atoms with Crippen LogP contribution in [0.5, 0.6) is 0 Å². The van der Waals surface area contributed by atoms with Crippen molar-refractivity contribution in [3.63, 3.8) is 0 Å². The summed E-state index contributed by atoms with van der Waals surface area (Å²) < 4.78 is 7.76. The number of ketones is 1. The molecule has 0 aliphatic carbocycles. The van der Waals surface area contributed by atoms with Crippen molar-refractivity contribution in [2.45, 2.75) is 31.8 Å². The second kappa shape index (κ2) is 5.88. The van der Waals surface area contributed by atoms with E-state index < -0.39 is 0 Å². The zero-order valence-corrected chi connectivity index (χ0v) is 13.7. The molecule has 2 aliphatic rings. The molecule has 122 valence electrons. The Hall–Kier alpha value is -2.45. The van der Waals surface area contributed by atoms with Crippen LogP contribution < -0.4 is 4.90 Å². The van der Waals surface area contributed by atoms with Gasteiger partial charge in [-0.25, -0.2) is 0 Å². The predicted octanol–water partition coefficient (Wildman–Crippen LogP) is 2.35. The Morgan fingerprint density at radius 1 is 1.38 bits per heavy atom. The van der Waals surface area contributed by atoms with Crippen molar-refractivity contribution in [1.29, 1.82) is 5.26 Å². The first kappa shape index (κ1) is 13.9. The lowest BCUT2D eigenvalue weighted by atomic mass is 9.94. The van der Waals surface area contributed by atoms with Crippen LogP contribution >= 0.6 is 0 Å². The number of piperidine rings is 1. The molecule has 2 saturated heterocycles. The van der Waals surface area contributed by atoms with Gasteiger partial charge in [0.25, 0.3) is 0 Å². The van der Waals surface area contributed by atoms with Gasteiger partial charge < -0.3 is 4.90 Å². The molecule has 2 fully saturated rings. The van der Waals surface area contributed by atoms with E-state index in [0.717, 1.165) is 30.7 Å². The van der Waals surface area contributed by atoms with Gasteiger partial charge >= 0.3 is 0 Å². The molecule has 0 spiro atoms. The van der Waals surface area contributed by atoms with E-state index in [9.17, 15) is 10.1 Å². The van der Waals surface area contributed by atoms with E-state index in [1.807, 2.05) is 12.1 Å². The molecule has 0 saturated carbocycles. The number of benzene rings is 1. The average molecular weight is 321 g/mol. The number of rotatable bonds is 1. The van der Waals surface area contributed by atoms with Gasteiger partial charge in [0.05, 0.1) is 12.5 Å². The van der Waals surface area contributed by atoms with Crippen LogP contribution in [-0.4, -0.2) is 47.4 Å². The molecule has 5 nitrogen and oxygen atoms in total. The van der Waals surface area contributed by atoms with Crippen molar-refractivity contribution in [1.82, 2.24) is 9.88 Å². The number of piperazine rings is 1. The fraction of sp³-hybridized carbons (Fsp3) is 0.421. The van der Waals surface area contributed by atoms with E-state index in [1.165, 1.54) is 0 Å². The Labute approximate surface area is 142 Å². The number of nitriles is 1. The lowest BCUT2D eigenvalue weighted by Gasteiger charge is -2.48. The second-order valence-electron chi connectivity index (χ2n) is 6.72. The molecule has 24 heavy (non-hydrogen) atoms. The van der Waals surface area contributed by atoms with Crippen LogP contribution in [0.15, 0.2) is 30.4 Å². The van der Waals surface area contributed by atoms with Crippen LogP contribution in [0, 0.1) is 11.3 Å². The minimum absolute atomic E-state index is 0.164. The van der Waals surface area contributed by atoms with Crippen LogP contribution in [0.3, 0.4) is 0 Å². The van der Waals surface area contributed by atoms with Gasteiger partial charge in [-0.2, -0.15) is 5.26 Å². The molecule has 1 aromatic carbocycles. The molecule has 0 N–H and O–H groups in total. The Morgan fingerprint density at radius 3 is 3.08 bits per heavy atom. The van der Waals surface area contributed by atoms with Crippen molar-refractivity contribution in [3.05, 3.63) is 36.0 Å². The second-order valence-corrected chi connectivity index (χ2v) is 6.72. The zero-order valence-electron chi connectivity index (χ0n) is 14.7. The average Bonchev–Trinajstić information content (AvgIpc) is 2.60. The highest BCUT2D eigenvalue weighted by Crippen LogP contribution is 2.32. The number of carbonyl (C=O) groups is 1. The minimum Gasteiger partial charge on any atom is -0.368 e. The summed E-state index contributed by atoms with van der Waals surface area (Å²) in [6.45, 7) is 4.76. The van der Waals surface area contributed by atoms with E-state index in [4.69, 9.17) is 1.37 Å². The van der Waals surface area contributed by atoms with Crippen molar-refractivity contribution in [2.75, 3.05) is 24.5 Å². The van der Waals surface area contributed by atoms with Crippen molar-refractivity contribution >= 4 is 22.4 Å². The van der Waals surface area contributed by atoms with Crippen molar-refractivity contribution < 1.29 is 6.17 Å². The van der Waals surface area contributed by atoms with Gasteiger partial charge in [0, 0.05) is 61.8 Å². The van der Waals surface area contributed by atoms with Gasteiger partial charge in [0.15, 0.2) is 0 Å². The topological polar surface area (TPSA) is 60.2 Å². The number of pyridine rings is 1. The molecule has 5 heteroatoms. The number of aromatic nitrogens is 1. The molecular weight excluding hydrogens is 300 g/mol. The minimum atomic E-state index is 0.164. The number of hydrogen-bond donors (Lipinski definition) is 0. The molecule has 0 bridgehead atoms. The summed E-state index contributed by atoms with van der Waals surface area (Å²) >= 11 is 0. The maximum atomic E-state index is 11.9. The number of Topliss-reactive ketones (excluding diaryl/α,β-unsaturated/α-hetero) is 1. The lowest BCUT2D eigenvalue weighted by molar-refractivity contribution is -0.124. The molecule has 4 rings (SSSR count). The van der Waals surface area contributed by atoms with Gasteiger partial charge in [0.2, 0.25) is 0 Å². The van der Waals surface area contributed by atoms with Crippen molar-refractivity contribution in [3.8, 4) is 6.07 Å². The summed E-state index contributed by atoms with van der Waals surface area (Å²) in [7, 11) is 0. The first-order valence-corrected chi connectivity index (χ1v) is 8.39. The van der Waals surface area contributed by atoms with Gasteiger partial charge in [-0.1, -0.05) is 0 Å². The SMILES string of the molecule is [2H]c1ccc2c(N3CC4CC(=O)CCN4[C@H](C)C3)ccc(C#N)c2n1. The maximum absolute atomic E-state index is 11.9. The smallest absolute Gasteiger partial charge is 0.135 e. The predicted molar refractivity (Wildman–Crippen MR) is 92.9 cm³/mol. The number of hydrogen-bond acceptors (Lipinski definition) is 5. The summed E-state index contributed by atoms with van der Waals surface area (Å²) in [6, 6.07) is 10.1. The molecule has 2 atom stereocenters. The van der Waals surface area contributed by atoms with E-state index in [-0.39, 0.29) is 12.2 Å². The molecule has 3 heterocycles. The fourth-order valence-electron chi connectivity index (χ4n) is 4.09. The molecular formula is C19H20N4O. The van der Waals surface area contributed by atoms with Crippen LogP contribution in [0.25, 0.3) is 10.9 Å². The monoisotopic (exact) mass is 321 g/mol. The largest absolute Gasteiger partial charge is 0.368 e. The van der Waals surface area contributed by atoms with Gasteiger partial charge in [-0.05, 0) is 31.2 Å². The Bertz CT molecular complexity index is 891. The molecule has 0 radical (unpaired) electrons. The van der Waals surface area contributed by atoms with E-state index in [2.05, 4.69) is 27.8 Å². The van der Waals surface area contributed by atoms with Crippen LogP contribution in [0.2, 0.25) is 0 Å². The summed E-state index contributed by atoms with van der Waals surface area (Å²) in [6.07, 6.45) is 1.44. The van der Waals surface area contributed by atoms with E-state index in [0.29, 0.717) is 35.7 Å². The molecule has 2 aliphatic heterocycles. The number of fused-ring (bicyclic) bond motifs is 2. The number of nitrogens with zero attached hydrogens (tertiary/aromatic N) is 4. The quantitative estimate of drug-likeness (QED) is 0.807. The van der Waals surface area contributed by atoms with Gasteiger partial charge in [0.1, 0.15) is 11.9 Å². The molecule has 0 amide bonds. The van der Waals surface area contributed by atoms with E-state index in [1.54, 1.807) is 12.1 Å². The van der Waals surface area contributed by atoms with Gasteiger partial charge in [-0.3, -0.25) is 14.7 Å². The zero-order chi connectivity index (χ0) is 17.6. The lowest BCUT2D eigenvalue weighted by Crippen LogP contribution is -2.60. The third-order valence-electron chi connectivity index (χ3n) is 5.22. The highest BCUT2D eigenvalue weighted by Gasteiger charge is 2.36. The first-order valence-electron chi connectivity index (χ1n) is 8.89. The molecule has 2 aromatic rings. The molecule has 1 aromatic heterocycles. The van der Waals surface area contributed by atoms with Crippen LogP contribution in [0.1, 0.15) is 26.7 Å². The third-order valence-corrected chi connectivity index (χ3v) is 5.22. The molecule has 1 unspecified atom stereocenters. The Morgan fingerprint density at radius 2 is 2.25 bits per heavy atom. The third kappa shape index (κ3) is 2.44. The summed E-state index contributed by atoms with van der Waals surface area (Å²) in [5.74, 6) is 0.348. The van der Waals surface area contributed by atoms with E-state index >= 15 is 0 Å². The normalized spacial score (nSPS) is 25.2. The number of carbonyl (C=O) groups excluding carboxylic acids is 1. The maximum Gasteiger partial charge on any atom is 0.135 e. The van der Waals surface area contributed by atoms with Crippen LogP contribution in [-0.2, 0) is 4.79 Å². The highest BCUT2D eigenvalue weighted by molar-refractivity contribution is 5.95. The fourth-order valence-corrected chi connectivity index (χ4v) is 4.09. The Kier molecular flexibility index (Phi) is 3.42. The summed E-state index contributed by atoms with van der Waals surface area (Å²) in [5.41, 5.74) is 2.11. The summed E-state index contributed by atoms with van der Waals surface area (Å²) in [4.78, 5) is 20.9. The summed E-state index contributed by atoms with van der Waals surface area (Å²) in [5, 5.41) is 10.2. The van der Waals surface area contributed by atoms with Crippen LogP contribution in [0.4, 0.5) is 5.69 Å². The van der Waals surface area contributed by atoms with Gasteiger partial charge in [-0.15, -0.1) is 0 Å². The Balaban J connectivity index is 1.75. The first-order chi connectivity index (χ1) is 12.1. The number of anilines is 1. The highest BCUT2D eigenvalue weighted by atomic mass is 16.1.